The Morgan fingerprint density at radius 3 is 2.58 bits per heavy atom. The maximum absolute atomic E-state index is 5.91. The largest absolute Gasteiger partial charge is 0.489 e. The maximum Gasteiger partial charge on any atom is 0.138 e. The molecular weight excluding hydrogens is 364 g/mol. The number of aromatic nitrogens is 2. The highest BCUT2D eigenvalue weighted by molar-refractivity contribution is 9.10. The van der Waals surface area contributed by atoms with E-state index in [9.17, 15) is 0 Å². The number of hydrogen-bond donors (Lipinski definition) is 1. The summed E-state index contributed by atoms with van der Waals surface area (Å²) in [7, 11) is 0. The Kier molecular flexibility index (Phi) is 4.05. The molecular formula is C20H15BrN2O. The molecule has 0 amide bonds. The van der Waals surface area contributed by atoms with Crippen molar-refractivity contribution >= 4 is 27.0 Å². The molecule has 3 nitrogen and oxygen atoms in total. The predicted molar refractivity (Wildman–Crippen MR) is 100 cm³/mol. The summed E-state index contributed by atoms with van der Waals surface area (Å²) in [5.74, 6) is 1.68. The van der Waals surface area contributed by atoms with Crippen molar-refractivity contribution in [1.82, 2.24) is 9.97 Å². The fraction of sp³-hybridized carbons (Fsp3) is 0.0500. The average molecular weight is 379 g/mol. The lowest BCUT2D eigenvalue weighted by molar-refractivity contribution is 0.306. The molecule has 118 valence electrons. The van der Waals surface area contributed by atoms with Crippen LogP contribution in [-0.2, 0) is 6.61 Å². The van der Waals surface area contributed by atoms with Gasteiger partial charge in [-0.25, -0.2) is 4.98 Å². The second-order valence-electron chi connectivity index (χ2n) is 5.55. The summed E-state index contributed by atoms with van der Waals surface area (Å²) in [6.45, 7) is 0.539. The number of ether oxygens (including phenoxy) is 1. The van der Waals surface area contributed by atoms with E-state index < -0.39 is 0 Å². The molecule has 1 heterocycles. The monoisotopic (exact) mass is 378 g/mol. The van der Waals surface area contributed by atoms with E-state index in [1.54, 1.807) is 0 Å². The number of rotatable bonds is 4. The number of para-hydroxylation sites is 2. The summed E-state index contributed by atoms with van der Waals surface area (Å²) in [4.78, 5) is 7.98. The van der Waals surface area contributed by atoms with Crippen molar-refractivity contribution < 1.29 is 4.74 Å². The van der Waals surface area contributed by atoms with Crippen LogP contribution in [0.15, 0.2) is 77.3 Å². The summed E-state index contributed by atoms with van der Waals surface area (Å²) < 4.78 is 6.98. The molecule has 0 spiro atoms. The number of hydrogen-bond acceptors (Lipinski definition) is 2. The molecule has 1 N–H and O–H groups in total. The van der Waals surface area contributed by atoms with Gasteiger partial charge in [0.25, 0.3) is 0 Å². The minimum Gasteiger partial charge on any atom is -0.489 e. The van der Waals surface area contributed by atoms with Gasteiger partial charge in [-0.05, 0) is 42.0 Å². The van der Waals surface area contributed by atoms with Crippen LogP contribution in [0.5, 0.6) is 5.75 Å². The van der Waals surface area contributed by atoms with Crippen molar-refractivity contribution in [1.29, 1.82) is 0 Å². The van der Waals surface area contributed by atoms with Crippen molar-refractivity contribution in [3.8, 4) is 17.1 Å². The highest BCUT2D eigenvalue weighted by atomic mass is 79.9. The standard InChI is InChI=1S/C20H15BrN2O/c21-16-10-8-14(9-11-16)13-24-17-5-3-4-15(12-17)20-22-18-6-1-2-7-19(18)23-20/h1-12H,13H2,(H,22,23). The summed E-state index contributed by atoms with van der Waals surface area (Å²) in [6.07, 6.45) is 0. The number of halogens is 1. The smallest absolute Gasteiger partial charge is 0.138 e. The van der Waals surface area contributed by atoms with Gasteiger partial charge in [-0.1, -0.05) is 52.3 Å². The molecule has 4 rings (SSSR count). The molecule has 24 heavy (non-hydrogen) atoms. The number of H-pyrrole nitrogens is 1. The molecule has 1 aromatic heterocycles. The number of nitrogens with zero attached hydrogens (tertiary/aromatic N) is 1. The third-order valence-corrected chi connectivity index (χ3v) is 4.34. The van der Waals surface area contributed by atoms with E-state index in [1.807, 2.05) is 72.8 Å². The molecule has 4 heteroatoms. The Balaban J connectivity index is 1.55. The molecule has 0 saturated heterocycles. The zero-order valence-electron chi connectivity index (χ0n) is 12.9. The molecule has 0 radical (unpaired) electrons. The van der Waals surface area contributed by atoms with E-state index in [2.05, 4.69) is 25.9 Å². The summed E-state index contributed by atoms with van der Waals surface area (Å²) in [5.41, 5.74) is 4.15. The van der Waals surface area contributed by atoms with Crippen LogP contribution in [0, 0.1) is 0 Å². The van der Waals surface area contributed by atoms with Gasteiger partial charge < -0.3 is 9.72 Å². The van der Waals surface area contributed by atoms with E-state index in [-0.39, 0.29) is 0 Å². The molecule has 0 aliphatic heterocycles. The van der Waals surface area contributed by atoms with Gasteiger partial charge >= 0.3 is 0 Å². The summed E-state index contributed by atoms with van der Waals surface area (Å²) in [6, 6.07) is 24.1. The van der Waals surface area contributed by atoms with Crippen LogP contribution in [-0.4, -0.2) is 9.97 Å². The van der Waals surface area contributed by atoms with E-state index in [1.165, 1.54) is 0 Å². The van der Waals surface area contributed by atoms with Crippen molar-refractivity contribution in [3.63, 3.8) is 0 Å². The first-order chi connectivity index (χ1) is 11.8. The zero-order chi connectivity index (χ0) is 16.4. The quantitative estimate of drug-likeness (QED) is 0.503. The van der Waals surface area contributed by atoms with Gasteiger partial charge in [0.2, 0.25) is 0 Å². The van der Waals surface area contributed by atoms with Crippen LogP contribution in [0.1, 0.15) is 5.56 Å². The Morgan fingerprint density at radius 2 is 1.75 bits per heavy atom. The van der Waals surface area contributed by atoms with Crippen LogP contribution in [0.2, 0.25) is 0 Å². The highest BCUT2D eigenvalue weighted by Gasteiger charge is 2.06. The van der Waals surface area contributed by atoms with Gasteiger partial charge in [-0.3, -0.25) is 0 Å². The van der Waals surface area contributed by atoms with Crippen molar-refractivity contribution in [2.24, 2.45) is 0 Å². The van der Waals surface area contributed by atoms with E-state index in [0.29, 0.717) is 6.61 Å². The Hall–Kier alpha value is -2.59. The molecule has 3 aromatic carbocycles. The molecule has 0 aliphatic rings. The fourth-order valence-corrected chi connectivity index (χ4v) is 2.83. The zero-order valence-corrected chi connectivity index (χ0v) is 14.5. The molecule has 0 aliphatic carbocycles. The third-order valence-electron chi connectivity index (χ3n) is 3.82. The van der Waals surface area contributed by atoms with Gasteiger partial charge in [-0.15, -0.1) is 0 Å². The molecule has 0 fully saturated rings. The van der Waals surface area contributed by atoms with Crippen molar-refractivity contribution in [2.45, 2.75) is 6.61 Å². The van der Waals surface area contributed by atoms with Crippen LogP contribution in [0.4, 0.5) is 0 Å². The van der Waals surface area contributed by atoms with Crippen molar-refractivity contribution in [2.75, 3.05) is 0 Å². The lowest BCUT2D eigenvalue weighted by atomic mass is 10.2. The maximum atomic E-state index is 5.91. The predicted octanol–water partition coefficient (Wildman–Crippen LogP) is 5.57. The lowest BCUT2D eigenvalue weighted by Crippen LogP contribution is -1.95. The number of nitrogens with one attached hydrogen (secondary N) is 1. The number of imidazole rings is 1. The van der Waals surface area contributed by atoms with Crippen molar-refractivity contribution in [3.05, 3.63) is 82.8 Å². The van der Waals surface area contributed by atoms with E-state index in [0.717, 1.165) is 38.2 Å². The lowest BCUT2D eigenvalue weighted by Gasteiger charge is -2.07. The molecule has 0 unspecified atom stereocenters. The molecule has 0 bridgehead atoms. The summed E-state index contributed by atoms with van der Waals surface area (Å²) in [5, 5.41) is 0. The first-order valence-electron chi connectivity index (χ1n) is 7.70. The second kappa shape index (κ2) is 6.49. The minimum absolute atomic E-state index is 0.539. The second-order valence-corrected chi connectivity index (χ2v) is 6.46. The van der Waals surface area contributed by atoms with Gasteiger partial charge in [0.1, 0.15) is 18.2 Å². The van der Waals surface area contributed by atoms with Gasteiger partial charge in [0.15, 0.2) is 0 Å². The first kappa shape index (κ1) is 15.0. The van der Waals surface area contributed by atoms with Crippen LogP contribution in [0.3, 0.4) is 0 Å². The topological polar surface area (TPSA) is 37.9 Å². The molecule has 0 saturated carbocycles. The molecule has 0 atom stereocenters. The third kappa shape index (κ3) is 3.19. The summed E-state index contributed by atoms with van der Waals surface area (Å²) >= 11 is 3.44. The SMILES string of the molecule is Brc1ccc(COc2cccc(-c3nc4ccccc4[nH]3)c2)cc1. The fourth-order valence-electron chi connectivity index (χ4n) is 2.57. The first-order valence-corrected chi connectivity index (χ1v) is 8.50. The van der Waals surface area contributed by atoms with Crippen LogP contribution < -0.4 is 4.74 Å². The Labute approximate surface area is 148 Å². The Morgan fingerprint density at radius 1 is 0.917 bits per heavy atom. The van der Waals surface area contributed by atoms with Gasteiger partial charge in [0, 0.05) is 10.0 Å². The average Bonchev–Trinajstić information content (AvgIpc) is 3.06. The van der Waals surface area contributed by atoms with Crippen LogP contribution in [0.25, 0.3) is 22.4 Å². The Bertz CT molecular complexity index is 943. The van der Waals surface area contributed by atoms with Crippen LogP contribution >= 0.6 is 15.9 Å². The number of aromatic amines is 1. The molecule has 4 aromatic rings. The minimum atomic E-state index is 0.539. The van der Waals surface area contributed by atoms with Gasteiger partial charge in [-0.2, -0.15) is 0 Å². The van der Waals surface area contributed by atoms with E-state index in [4.69, 9.17) is 4.74 Å². The van der Waals surface area contributed by atoms with Gasteiger partial charge in [0.05, 0.1) is 11.0 Å². The number of fused-ring (bicyclic) bond motifs is 1. The number of benzene rings is 3. The normalized spacial score (nSPS) is 10.9. The highest BCUT2D eigenvalue weighted by Crippen LogP contribution is 2.24. The van der Waals surface area contributed by atoms with E-state index >= 15 is 0 Å².